The monoisotopic (exact) mass is 264 g/mol. The molecule has 0 saturated heterocycles. The third-order valence-corrected chi connectivity index (χ3v) is 4.32. The minimum absolute atomic E-state index is 0.238. The highest BCUT2D eigenvalue weighted by Gasteiger charge is 2.19. The van der Waals surface area contributed by atoms with Gasteiger partial charge >= 0.3 is 0 Å². The number of rotatable bonds is 6. The number of hydrogen-bond donors (Lipinski definition) is 1. The SMILES string of the molecule is CCC(OC)C(Cc1nc2ccccc2s1)NC. The molecule has 0 aliphatic carbocycles. The summed E-state index contributed by atoms with van der Waals surface area (Å²) in [6.45, 7) is 2.15. The second-order valence-electron chi connectivity index (χ2n) is 4.36. The average molecular weight is 264 g/mol. The summed E-state index contributed by atoms with van der Waals surface area (Å²) in [5, 5.41) is 4.51. The predicted octanol–water partition coefficient (Wildman–Crippen LogP) is 2.85. The first kappa shape index (κ1) is 13.5. The van der Waals surface area contributed by atoms with Gasteiger partial charge in [-0.2, -0.15) is 0 Å². The van der Waals surface area contributed by atoms with E-state index in [1.807, 2.05) is 13.1 Å². The molecular formula is C14H20N2OS. The molecule has 0 radical (unpaired) electrons. The summed E-state index contributed by atoms with van der Waals surface area (Å²) in [5.41, 5.74) is 1.10. The van der Waals surface area contributed by atoms with Crippen LogP contribution in [0.15, 0.2) is 24.3 Å². The summed E-state index contributed by atoms with van der Waals surface area (Å²) in [5.74, 6) is 0. The lowest BCUT2D eigenvalue weighted by molar-refractivity contribution is 0.0678. The lowest BCUT2D eigenvalue weighted by Crippen LogP contribution is -2.40. The molecule has 18 heavy (non-hydrogen) atoms. The third kappa shape index (κ3) is 2.88. The van der Waals surface area contributed by atoms with E-state index in [1.165, 1.54) is 9.71 Å². The van der Waals surface area contributed by atoms with E-state index in [0.717, 1.165) is 18.4 Å². The summed E-state index contributed by atoms with van der Waals surface area (Å²) in [6, 6.07) is 8.60. The van der Waals surface area contributed by atoms with E-state index in [-0.39, 0.29) is 6.10 Å². The van der Waals surface area contributed by atoms with Crippen LogP contribution in [0.25, 0.3) is 10.2 Å². The van der Waals surface area contributed by atoms with E-state index in [1.54, 1.807) is 18.4 Å². The molecule has 0 aliphatic rings. The zero-order chi connectivity index (χ0) is 13.0. The van der Waals surface area contributed by atoms with Gasteiger partial charge in [-0.3, -0.25) is 0 Å². The van der Waals surface area contributed by atoms with Crippen LogP contribution in [-0.2, 0) is 11.2 Å². The van der Waals surface area contributed by atoms with Gasteiger partial charge < -0.3 is 10.1 Å². The lowest BCUT2D eigenvalue weighted by Gasteiger charge is -2.23. The van der Waals surface area contributed by atoms with Crippen molar-refractivity contribution in [3.63, 3.8) is 0 Å². The van der Waals surface area contributed by atoms with Gasteiger partial charge in [-0.15, -0.1) is 11.3 Å². The first-order chi connectivity index (χ1) is 8.78. The van der Waals surface area contributed by atoms with Crippen molar-refractivity contribution in [3.8, 4) is 0 Å². The maximum Gasteiger partial charge on any atom is 0.0955 e. The van der Waals surface area contributed by atoms with Crippen LogP contribution in [0.1, 0.15) is 18.4 Å². The van der Waals surface area contributed by atoms with E-state index in [0.29, 0.717) is 6.04 Å². The molecular weight excluding hydrogens is 244 g/mol. The van der Waals surface area contributed by atoms with Crippen molar-refractivity contribution in [2.24, 2.45) is 0 Å². The van der Waals surface area contributed by atoms with Crippen LogP contribution in [0.2, 0.25) is 0 Å². The third-order valence-electron chi connectivity index (χ3n) is 3.26. The minimum atomic E-state index is 0.238. The average Bonchev–Trinajstić information content (AvgIpc) is 2.81. The Balaban J connectivity index is 2.15. The number of fused-ring (bicyclic) bond motifs is 1. The van der Waals surface area contributed by atoms with Gasteiger partial charge in [0.1, 0.15) is 0 Å². The molecule has 4 heteroatoms. The Morgan fingerprint density at radius 2 is 2.17 bits per heavy atom. The fraction of sp³-hybridized carbons (Fsp3) is 0.500. The van der Waals surface area contributed by atoms with Gasteiger partial charge in [0, 0.05) is 19.6 Å². The Morgan fingerprint density at radius 3 is 2.78 bits per heavy atom. The van der Waals surface area contributed by atoms with Crippen molar-refractivity contribution < 1.29 is 4.74 Å². The van der Waals surface area contributed by atoms with Gasteiger partial charge in [-0.1, -0.05) is 19.1 Å². The number of ether oxygens (including phenoxy) is 1. The quantitative estimate of drug-likeness (QED) is 0.871. The van der Waals surface area contributed by atoms with Crippen LogP contribution >= 0.6 is 11.3 Å². The van der Waals surface area contributed by atoms with Crippen molar-refractivity contribution in [2.75, 3.05) is 14.2 Å². The zero-order valence-corrected chi connectivity index (χ0v) is 12.0. The van der Waals surface area contributed by atoms with Gasteiger partial charge in [-0.05, 0) is 25.6 Å². The highest BCUT2D eigenvalue weighted by Crippen LogP contribution is 2.23. The van der Waals surface area contributed by atoms with Gasteiger partial charge in [0.15, 0.2) is 0 Å². The van der Waals surface area contributed by atoms with E-state index in [2.05, 4.69) is 35.4 Å². The molecule has 0 aliphatic heterocycles. The molecule has 1 heterocycles. The molecule has 98 valence electrons. The second kappa shape index (κ2) is 6.27. The van der Waals surface area contributed by atoms with Crippen molar-refractivity contribution in [3.05, 3.63) is 29.3 Å². The largest absolute Gasteiger partial charge is 0.380 e. The number of benzene rings is 1. The van der Waals surface area contributed by atoms with Crippen molar-refractivity contribution in [2.45, 2.75) is 31.9 Å². The number of thiazole rings is 1. The highest BCUT2D eigenvalue weighted by atomic mass is 32.1. The number of aromatic nitrogens is 1. The Kier molecular flexibility index (Phi) is 4.69. The number of nitrogens with zero attached hydrogens (tertiary/aromatic N) is 1. The molecule has 2 aromatic rings. The van der Waals surface area contributed by atoms with Crippen LogP contribution < -0.4 is 5.32 Å². The fourth-order valence-electron chi connectivity index (χ4n) is 2.23. The van der Waals surface area contributed by atoms with Crippen LogP contribution in [0.5, 0.6) is 0 Å². The van der Waals surface area contributed by atoms with Crippen LogP contribution in [0, 0.1) is 0 Å². The van der Waals surface area contributed by atoms with E-state index in [9.17, 15) is 0 Å². The Morgan fingerprint density at radius 1 is 1.39 bits per heavy atom. The topological polar surface area (TPSA) is 34.1 Å². The second-order valence-corrected chi connectivity index (χ2v) is 5.47. The first-order valence-electron chi connectivity index (χ1n) is 6.33. The summed E-state index contributed by atoms with van der Waals surface area (Å²) >= 11 is 1.77. The Bertz CT molecular complexity index is 460. The molecule has 0 amide bonds. The first-order valence-corrected chi connectivity index (χ1v) is 7.14. The number of hydrogen-bond acceptors (Lipinski definition) is 4. The van der Waals surface area contributed by atoms with Crippen LogP contribution in [0.4, 0.5) is 0 Å². The molecule has 2 rings (SSSR count). The Labute approximate surface area is 112 Å². The molecule has 0 saturated carbocycles. The van der Waals surface area contributed by atoms with Gasteiger partial charge in [0.05, 0.1) is 21.3 Å². The molecule has 3 nitrogen and oxygen atoms in total. The fourth-order valence-corrected chi connectivity index (χ4v) is 3.26. The molecule has 0 fully saturated rings. The molecule has 2 unspecified atom stereocenters. The molecule has 0 spiro atoms. The molecule has 2 atom stereocenters. The van der Waals surface area contributed by atoms with Gasteiger partial charge in [-0.25, -0.2) is 4.98 Å². The maximum atomic E-state index is 5.51. The Hall–Kier alpha value is -0.970. The number of para-hydroxylation sites is 1. The van der Waals surface area contributed by atoms with E-state index < -0.39 is 0 Å². The van der Waals surface area contributed by atoms with E-state index in [4.69, 9.17) is 4.74 Å². The molecule has 1 aromatic heterocycles. The zero-order valence-electron chi connectivity index (χ0n) is 11.1. The number of likely N-dealkylation sites (N-methyl/N-ethyl adjacent to an activating group) is 1. The standard InChI is InChI=1S/C14H20N2OS/c1-4-12(17-3)11(15-2)9-14-16-10-7-5-6-8-13(10)18-14/h5-8,11-12,15H,4,9H2,1-3H3. The lowest BCUT2D eigenvalue weighted by atomic mass is 10.1. The van der Waals surface area contributed by atoms with Crippen molar-refractivity contribution in [1.82, 2.24) is 10.3 Å². The van der Waals surface area contributed by atoms with Crippen LogP contribution in [-0.4, -0.2) is 31.3 Å². The summed E-state index contributed by atoms with van der Waals surface area (Å²) in [6.07, 6.45) is 2.16. The normalized spacial score (nSPS) is 14.8. The number of methoxy groups -OCH3 is 1. The van der Waals surface area contributed by atoms with E-state index >= 15 is 0 Å². The van der Waals surface area contributed by atoms with Crippen LogP contribution in [0.3, 0.4) is 0 Å². The van der Waals surface area contributed by atoms with Crippen molar-refractivity contribution in [1.29, 1.82) is 0 Å². The van der Waals surface area contributed by atoms with Crippen molar-refractivity contribution >= 4 is 21.6 Å². The minimum Gasteiger partial charge on any atom is -0.380 e. The predicted molar refractivity (Wildman–Crippen MR) is 77.3 cm³/mol. The molecule has 0 bridgehead atoms. The maximum absolute atomic E-state index is 5.51. The summed E-state index contributed by atoms with van der Waals surface area (Å²) in [4.78, 5) is 4.67. The summed E-state index contributed by atoms with van der Waals surface area (Å²) in [7, 11) is 3.76. The summed E-state index contributed by atoms with van der Waals surface area (Å²) < 4.78 is 6.77. The van der Waals surface area contributed by atoms with Gasteiger partial charge in [0.2, 0.25) is 0 Å². The number of nitrogens with one attached hydrogen (secondary N) is 1. The molecule has 1 N–H and O–H groups in total. The molecule has 1 aromatic carbocycles. The smallest absolute Gasteiger partial charge is 0.0955 e. The highest BCUT2D eigenvalue weighted by molar-refractivity contribution is 7.18. The van der Waals surface area contributed by atoms with Gasteiger partial charge in [0.25, 0.3) is 0 Å².